The van der Waals surface area contributed by atoms with E-state index in [2.05, 4.69) is 10.3 Å². The van der Waals surface area contributed by atoms with Crippen molar-refractivity contribution in [2.75, 3.05) is 6.54 Å². The Morgan fingerprint density at radius 1 is 1.24 bits per heavy atom. The maximum absolute atomic E-state index is 11.7. The van der Waals surface area contributed by atoms with E-state index in [1.165, 1.54) is 12.5 Å². The topological polar surface area (TPSA) is 55.1 Å². The van der Waals surface area contributed by atoms with Crippen LogP contribution in [0.4, 0.5) is 0 Å². The summed E-state index contributed by atoms with van der Waals surface area (Å²) in [7, 11) is 0. The Kier molecular flexibility index (Phi) is 4.12. The highest BCUT2D eigenvalue weighted by Crippen LogP contribution is 2.23. The molecule has 3 aromatic rings. The average Bonchev–Trinajstić information content (AvgIpc) is 3.20. The van der Waals surface area contributed by atoms with E-state index in [1.54, 1.807) is 17.4 Å². The van der Waals surface area contributed by atoms with Gasteiger partial charge in [0.15, 0.2) is 0 Å². The molecule has 0 spiro atoms. The van der Waals surface area contributed by atoms with E-state index >= 15 is 0 Å². The molecule has 0 unspecified atom stereocenters. The fourth-order valence-corrected chi connectivity index (χ4v) is 2.80. The molecule has 0 radical (unpaired) electrons. The van der Waals surface area contributed by atoms with Gasteiger partial charge in [-0.1, -0.05) is 30.3 Å². The van der Waals surface area contributed by atoms with Gasteiger partial charge in [-0.15, -0.1) is 11.3 Å². The average molecular weight is 298 g/mol. The zero-order valence-corrected chi connectivity index (χ0v) is 12.1. The molecule has 3 rings (SSSR count). The number of amides is 1. The van der Waals surface area contributed by atoms with Gasteiger partial charge in [0.1, 0.15) is 11.3 Å². The Morgan fingerprint density at radius 3 is 2.86 bits per heavy atom. The van der Waals surface area contributed by atoms with Gasteiger partial charge < -0.3 is 9.73 Å². The third-order valence-electron chi connectivity index (χ3n) is 3.02. The minimum atomic E-state index is -0.123. The van der Waals surface area contributed by atoms with E-state index in [-0.39, 0.29) is 5.91 Å². The van der Waals surface area contributed by atoms with Crippen molar-refractivity contribution in [1.29, 1.82) is 0 Å². The molecule has 0 aliphatic rings. The van der Waals surface area contributed by atoms with Crippen LogP contribution in [0.1, 0.15) is 16.1 Å². The normalized spacial score (nSPS) is 10.5. The molecule has 0 aliphatic carbocycles. The van der Waals surface area contributed by atoms with Crippen molar-refractivity contribution in [2.24, 2.45) is 0 Å². The first-order valence-corrected chi connectivity index (χ1v) is 7.51. The Hall–Kier alpha value is -2.40. The molecule has 106 valence electrons. The molecule has 1 aromatic carbocycles. The predicted octanol–water partition coefficient (Wildman–Crippen LogP) is 3.38. The number of hydrogen-bond acceptors (Lipinski definition) is 4. The van der Waals surface area contributed by atoms with E-state index in [4.69, 9.17) is 4.42 Å². The second-order valence-corrected chi connectivity index (χ2v) is 5.39. The molecule has 2 heterocycles. The Labute approximate surface area is 126 Å². The van der Waals surface area contributed by atoms with Crippen molar-refractivity contribution >= 4 is 17.2 Å². The Bertz CT molecular complexity index is 705. The zero-order valence-electron chi connectivity index (χ0n) is 11.3. The van der Waals surface area contributed by atoms with E-state index in [1.807, 2.05) is 35.7 Å². The van der Waals surface area contributed by atoms with E-state index in [0.29, 0.717) is 18.5 Å². The molecule has 0 saturated heterocycles. The number of benzene rings is 1. The van der Waals surface area contributed by atoms with Crippen LogP contribution < -0.4 is 5.32 Å². The number of carbonyl (C=O) groups excluding carboxylic acids is 1. The van der Waals surface area contributed by atoms with Crippen LogP contribution in [0.5, 0.6) is 0 Å². The molecule has 5 heteroatoms. The van der Waals surface area contributed by atoms with Crippen LogP contribution in [0.15, 0.2) is 58.7 Å². The van der Waals surface area contributed by atoms with Gasteiger partial charge in [-0.25, -0.2) is 4.98 Å². The van der Waals surface area contributed by atoms with Crippen LogP contribution in [0.2, 0.25) is 0 Å². The van der Waals surface area contributed by atoms with Gasteiger partial charge in [-0.05, 0) is 6.07 Å². The first-order valence-electron chi connectivity index (χ1n) is 6.63. The number of thiazole rings is 1. The number of aromatic nitrogens is 1. The molecule has 1 N–H and O–H groups in total. The monoisotopic (exact) mass is 298 g/mol. The first kappa shape index (κ1) is 13.6. The highest BCUT2D eigenvalue weighted by molar-refractivity contribution is 7.13. The molecule has 4 nitrogen and oxygen atoms in total. The summed E-state index contributed by atoms with van der Waals surface area (Å²) in [5, 5.41) is 5.89. The quantitative estimate of drug-likeness (QED) is 0.785. The smallest absolute Gasteiger partial charge is 0.254 e. The van der Waals surface area contributed by atoms with Gasteiger partial charge >= 0.3 is 0 Å². The molecule has 0 fully saturated rings. The maximum atomic E-state index is 11.7. The maximum Gasteiger partial charge on any atom is 0.254 e. The summed E-state index contributed by atoms with van der Waals surface area (Å²) < 4.78 is 4.88. The minimum absolute atomic E-state index is 0.123. The summed E-state index contributed by atoms with van der Waals surface area (Å²) in [6.07, 6.45) is 3.64. The predicted molar refractivity (Wildman–Crippen MR) is 82.3 cm³/mol. The summed E-state index contributed by atoms with van der Waals surface area (Å²) in [6.45, 7) is 0.558. The molecule has 2 aromatic heterocycles. The molecule has 0 atom stereocenters. The largest absolute Gasteiger partial charge is 0.472 e. The number of furan rings is 1. The molecule has 0 saturated carbocycles. The van der Waals surface area contributed by atoms with E-state index in [0.717, 1.165) is 16.3 Å². The van der Waals surface area contributed by atoms with Crippen LogP contribution in [-0.4, -0.2) is 17.4 Å². The summed E-state index contributed by atoms with van der Waals surface area (Å²) in [4.78, 5) is 16.3. The minimum Gasteiger partial charge on any atom is -0.472 e. The lowest BCUT2D eigenvalue weighted by Gasteiger charge is -2.01. The van der Waals surface area contributed by atoms with Crippen molar-refractivity contribution in [3.63, 3.8) is 0 Å². The number of hydrogen-bond donors (Lipinski definition) is 1. The highest BCUT2D eigenvalue weighted by atomic mass is 32.1. The molecule has 0 aliphatic heterocycles. The third-order valence-corrected chi connectivity index (χ3v) is 3.96. The van der Waals surface area contributed by atoms with Crippen molar-refractivity contribution in [2.45, 2.75) is 6.42 Å². The third kappa shape index (κ3) is 3.38. The van der Waals surface area contributed by atoms with Gasteiger partial charge in [-0.3, -0.25) is 4.79 Å². The lowest BCUT2D eigenvalue weighted by molar-refractivity contribution is 0.0953. The van der Waals surface area contributed by atoms with E-state index in [9.17, 15) is 4.79 Å². The van der Waals surface area contributed by atoms with Crippen molar-refractivity contribution in [3.05, 3.63) is 65.6 Å². The van der Waals surface area contributed by atoms with Crippen molar-refractivity contribution in [3.8, 4) is 10.6 Å². The van der Waals surface area contributed by atoms with Crippen molar-refractivity contribution < 1.29 is 9.21 Å². The lowest BCUT2D eigenvalue weighted by Crippen LogP contribution is -2.25. The van der Waals surface area contributed by atoms with Gasteiger partial charge in [0.2, 0.25) is 0 Å². The second-order valence-electron chi connectivity index (χ2n) is 4.53. The summed E-state index contributed by atoms with van der Waals surface area (Å²) in [5.41, 5.74) is 2.65. The Balaban J connectivity index is 1.55. The number of rotatable bonds is 5. The van der Waals surface area contributed by atoms with Gasteiger partial charge in [0.05, 0.1) is 17.5 Å². The SMILES string of the molecule is O=C(NCCc1csc(-c2ccccc2)n1)c1ccoc1. The second kappa shape index (κ2) is 6.37. The van der Waals surface area contributed by atoms with Crippen LogP contribution in [0.3, 0.4) is 0 Å². The lowest BCUT2D eigenvalue weighted by atomic mass is 10.2. The van der Waals surface area contributed by atoms with Crippen LogP contribution in [-0.2, 0) is 6.42 Å². The van der Waals surface area contributed by atoms with Crippen LogP contribution in [0.25, 0.3) is 10.6 Å². The van der Waals surface area contributed by atoms with Gasteiger partial charge in [-0.2, -0.15) is 0 Å². The molecule has 21 heavy (non-hydrogen) atoms. The number of carbonyl (C=O) groups is 1. The standard InChI is InChI=1S/C16H14N2O2S/c19-15(13-7-9-20-10-13)17-8-6-14-11-21-16(18-14)12-4-2-1-3-5-12/h1-5,7,9-11H,6,8H2,(H,17,19). The highest BCUT2D eigenvalue weighted by Gasteiger charge is 2.07. The molecule has 0 bridgehead atoms. The Morgan fingerprint density at radius 2 is 2.10 bits per heavy atom. The fourth-order valence-electron chi connectivity index (χ4n) is 1.93. The fraction of sp³-hybridized carbons (Fsp3) is 0.125. The van der Waals surface area contributed by atoms with Gasteiger partial charge in [0.25, 0.3) is 5.91 Å². The number of nitrogens with one attached hydrogen (secondary N) is 1. The van der Waals surface area contributed by atoms with Crippen molar-refractivity contribution in [1.82, 2.24) is 10.3 Å². The van der Waals surface area contributed by atoms with E-state index < -0.39 is 0 Å². The summed E-state index contributed by atoms with van der Waals surface area (Å²) >= 11 is 1.62. The molecular formula is C16H14N2O2S. The van der Waals surface area contributed by atoms with Crippen LogP contribution in [0, 0.1) is 0 Å². The molecular weight excluding hydrogens is 284 g/mol. The van der Waals surface area contributed by atoms with Gasteiger partial charge in [0, 0.05) is 23.9 Å². The molecule has 1 amide bonds. The summed E-state index contributed by atoms with van der Waals surface area (Å²) in [6, 6.07) is 11.7. The first-order chi connectivity index (χ1) is 10.3. The summed E-state index contributed by atoms with van der Waals surface area (Å²) in [5.74, 6) is -0.123. The van der Waals surface area contributed by atoms with Crippen LogP contribution >= 0.6 is 11.3 Å². The zero-order chi connectivity index (χ0) is 14.5. The number of nitrogens with zero attached hydrogens (tertiary/aromatic N) is 1.